The SMILES string of the molecule is CCCCCCCCCCCCCCCCCCCCCCCCCCC(O)C(CO)NC(=O)CCCCCCCCCCCCCCCCCCCCCOC(=O)CCCCCCCCCCCCCC. The Morgan fingerprint density at radius 1 is 0.333 bits per heavy atom. The third-order valence-electron chi connectivity index (χ3n) is 15.9. The summed E-state index contributed by atoms with van der Waals surface area (Å²) in [5.41, 5.74) is 0. The molecule has 0 fully saturated rings. The number of hydrogen-bond acceptors (Lipinski definition) is 5. The van der Waals surface area contributed by atoms with Gasteiger partial charge in [0.05, 0.1) is 25.4 Å². The lowest BCUT2D eigenvalue weighted by atomic mass is 10.0. The van der Waals surface area contributed by atoms with Crippen LogP contribution in [0.5, 0.6) is 0 Å². The molecule has 0 aliphatic rings. The van der Waals surface area contributed by atoms with E-state index < -0.39 is 12.1 Å². The molecule has 3 N–H and O–H groups in total. The predicted octanol–water partition coefficient (Wildman–Crippen LogP) is 21.0. The van der Waals surface area contributed by atoms with E-state index in [-0.39, 0.29) is 18.5 Å². The highest BCUT2D eigenvalue weighted by atomic mass is 16.5. The maximum atomic E-state index is 12.5. The monoisotopic (exact) mass is 1020 g/mol. The minimum absolute atomic E-state index is 0.0113. The van der Waals surface area contributed by atoms with Crippen molar-refractivity contribution in [2.24, 2.45) is 0 Å². The number of carbonyl (C=O) groups excluding carboxylic acids is 2. The number of aliphatic hydroxyl groups excluding tert-OH is 2. The maximum absolute atomic E-state index is 12.5. The maximum Gasteiger partial charge on any atom is 0.305 e. The zero-order valence-electron chi connectivity index (χ0n) is 49.2. The van der Waals surface area contributed by atoms with Crippen molar-refractivity contribution in [3.63, 3.8) is 0 Å². The molecular formula is C66H131NO5. The first kappa shape index (κ1) is 70.9. The van der Waals surface area contributed by atoms with E-state index in [0.717, 1.165) is 38.5 Å². The molecule has 430 valence electrons. The van der Waals surface area contributed by atoms with E-state index in [1.54, 1.807) is 0 Å². The summed E-state index contributed by atoms with van der Waals surface area (Å²) in [6.45, 7) is 4.99. The van der Waals surface area contributed by atoms with Crippen molar-refractivity contribution in [3.8, 4) is 0 Å². The van der Waals surface area contributed by atoms with E-state index in [0.29, 0.717) is 25.9 Å². The van der Waals surface area contributed by atoms with Crippen LogP contribution in [-0.4, -0.2) is 47.4 Å². The second-order valence-corrected chi connectivity index (χ2v) is 23.2. The number of aliphatic hydroxyl groups is 2. The molecule has 0 spiro atoms. The summed E-state index contributed by atoms with van der Waals surface area (Å²) >= 11 is 0. The van der Waals surface area contributed by atoms with Crippen LogP contribution in [0, 0.1) is 0 Å². The molecule has 2 unspecified atom stereocenters. The van der Waals surface area contributed by atoms with Crippen molar-refractivity contribution in [2.45, 2.75) is 398 Å². The van der Waals surface area contributed by atoms with Crippen molar-refractivity contribution in [3.05, 3.63) is 0 Å². The zero-order chi connectivity index (χ0) is 52.2. The smallest absolute Gasteiger partial charge is 0.305 e. The molecule has 0 saturated heterocycles. The first-order chi connectivity index (χ1) is 35.5. The molecule has 0 aromatic rings. The zero-order valence-corrected chi connectivity index (χ0v) is 49.2. The number of amides is 1. The van der Waals surface area contributed by atoms with Gasteiger partial charge in [0, 0.05) is 12.8 Å². The molecule has 0 aliphatic heterocycles. The summed E-state index contributed by atoms with van der Waals surface area (Å²) in [6.07, 6.45) is 74.1. The number of unbranched alkanes of at least 4 members (excludes halogenated alkanes) is 52. The van der Waals surface area contributed by atoms with Gasteiger partial charge in [0.25, 0.3) is 0 Å². The van der Waals surface area contributed by atoms with Crippen molar-refractivity contribution < 1.29 is 24.5 Å². The number of rotatable bonds is 63. The minimum atomic E-state index is -0.666. The van der Waals surface area contributed by atoms with Crippen molar-refractivity contribution in [2.75, 3.05) is 13.2 Å². The number of ether oxygens (including phenoxy) is 1. The van der Waals surface area contributed by atoms with Crippen molar-refractivity contribution in [1.82, 2.24) is 5.32 Å². The first-order valence-corrected chi connectivity index (χ1v) is 33.3. The number of nitrogens with one attached hydrogen (secondary N) is 1. The standard InChI is InChI=1S/C66H131NO5/c1-3-5-7-9-11-13-15-17-18-19-20-21-22-23-24-26-29-32-35-38-42-46-50-54-58-64(69)63(62-68)67-65(70)59-55-51-47-43-39-36-33-30-27-25-28-31-34-37-41-45-49-53-57-61-72-66(71)60-56-52-48-44-40-16-14-12-10-8-6-4-2/h63-64,68-69H,3-62H2,1-2H3,(H,67,70). The lowest BCUT2D eigenvalue weighted by molar-refractivity contribution is -0.143. The Balaban J connectivity index is 3.39. The van der Waals surface area contributed by atoms with E-state index in [1.807, 2.05) is 0 Å². The van der Waals surface area contributed by atoms with Crippen molar-refractivity contribution >= 4 is 11.9 Å². The van der Waals surface area contributed by atoms with Gasteiger partial charge in [-0.05, 0) is 25.7 Å². The average Bonchev–Trinajstić information content (AvgIpc) is 3.38. The Morgan fingerprint density at radius 3 is 0.847 bits per heavy atom. The van der Waals surface area contributed by atoms with Gasteiger partial charge < -0.3 is 20.3 Å². The molecule has 72 heavy (non-hydrogen) atoms. The predicted molar refractivity (Wildman–Crippen MR) is 315 cm³/mol. The number of esters is 1. The Labute approximate surface area is 451 Å². The van der Waals surface area contributed by atoms with Crippen LogP contribution in [0.3, 0.4) is 0 Å². The lowest BCUT2D eigenvalue weighted by Crippen LogP contribution is -2.45. The summed E-state index contributed by atoms with van der Waals surface area (Å²) in [6, 6.07) is -0.544. The summed E-state index contributed by atoms with van der Waals surface area (Å²) in [4.78, 5) is 24.6. The molecule has 0 rings (SSSR count). The highest BCUT2D eigenvalue weighted by Crippen LogP contribution is 2.19. The molecule has 0 aromatic heterocycles. The summed E-state index contributed by atoms with van der Waals surface area (Å²) in [5.74, 6) is -0.0210. The van der Waals surface area contributed by atoms with Gasteiger partial charge in [-0.1, -0.05) is 348 Å². The van der Waals surface area contributed by atoms with Gasteiger partial charge in [0.15, 0.2) is 0 Å². The normalized spacial score (nSPS) is 12.4. The Hall–Kier alpha value is -1.14. The quantitative estimate of drug-likeness (QED) is 0.0417. The molecule has 0 heterocycles. The highest BCUT2D eigenvalue weighted by Gasteiger charge is 2.20. The molecule has 0 saturated carbocycles. The van der Waals surface area contributed by atoms with E-state index in [2.05, 4.69) is 19.2 Å². The molecule has 0 radical (unpaired) electrons. The van der Waals surface area contributed by atoms with Crippen LogP contribution in [0.25, 0.3) is 0 Å². The van der Waals surface area contributed by atoms with E-state index in [1.165, 1.54) is 315 Å². The van der Waals surface area contributed by atoms with Crippen LogP contribution in [0.15, 0.2) is 0 Å². The lowest BCUT2D eigenvalue weighted by Gasteiger charge is -2.22. The molecule has 0 aromatic carbocycles. The second-order valence-electron chi connectivity index (χ2n) is 23.2. The van der Waals surface area contributed by atoms with Gasteiger partial charge in [-0.2, -0.15) is 0 Å². The van der Waals surface area contributed by atoms with Gasteiger partial charge in [-0.25, -0.2) is 0 Å². The summed E-state index contributed by atoms with van der Waals surface area (Å²) < 4.78 is 5.48. The third kappa shape index (κ3) is 58.1. The largest absolute Gasteiger partial charge is 0.466 e. The molecule has 0 bridgehead atoms. The van der Waals surface area contributed by atoms with Crippen LogP contribution in [0.2, 0.25) is 0 Å². The molecule has 2 atom stereocenters. The fourth-order valence-electron chi connectivity index (χ4n) is 10.8. The minimum Gasteiger partial charge on any atom is -0.466 e. The van der Waals surface area contributed by atoms with Gasteiger partial charge in [0.2, 0.25) is 5.91 Å². The fraction of sp³-hybridized carbons (Fsp3) is 0.970. The third-order valence-corrected chi connectivity index (χ3v) is 15.9. The molecule has 0 aliphatic carbocycles. The number of carbonyl (C=O) groups is 2. The van der Waals surface area contributed by atoms with Gasteiger partial charge in [-0.15, -0.1) is 0 Å². The first-order valence-electron chi connectivity index (χ1n) is 33.3. The Kier molecular flexibility index (Phi) is 61.4. The average molecular weight is 1020 g/mol. The summed E-state index contributed by atoms with van der Waals surface area (Å²) in [5, 5.41) is 23.4. The van der Waals surface area contributed by atoms with Gasteiger partial charge >= 0.3 is 5.97 Å². The van der Waals surface area contributed by atoms with E-state index in [4.69, 9.17) is 4.74 Å². The van der Waals surface area contributed by atoms with Crippen LogP contribution >= 0.6 is 0 Å². The van der Waals surface area contributed by atoms with Crippen LogP contribution in [-0.2, 0) is 14.3 Å². The number of hydrogen-bond donors (Lipinski definition) is 3. The Morgan fingerprint density at radius 2 is 0.569 bits per heavy atom. The molecule has 6 heteroatoms. The van der Waals surface area contributed by atoms with E-state index in [9.17, 15) is 19.8 Å². The van der Waals surface area contributed by atoms with Crippen LogP contribution in [0.4, 0.5) is 0 Å². The van der Waals surface area contributed by atoms with E-state index >= 15 is 0 Å². The Bertz CT molecular complexity index is 1040. The molecular weight excluding hydrogens is 887 g/mol. The summed E-state index contributed by atoms with van der Waals surface area (Å²) in [7, 11) is 0. The highest BCUT2D eigenvalue weighted by molar-refractivity contribution is 5.76. The topological polar surface area (TPSA) is 95.9 Å². The van der Waals surface area contributed by atoms with Crippen LogP contribution in [0.1, 0.15) is 386 Å². The molecule has 1 amide bonds. The second kappa shape index (κ2) is 62.4. The fourth-order valence-corrected chi connectivity index (χ4v) is 10.8. The van der Waals surface area contributed by atoms with Gasteiger partial charge in [-0.3, -0.25) is 9.59 Å². The van der Waals surface area contributed by atoms with Crippen molar-refractivity contribution in [1.29, 1.82) is 0 Å². The molecule has 6 nitrogen and oxygen atoms in total. The van der Waals surface area contributed by atoms with Gasteiger partial charge in [0.1, 0.15) is 0 Å². The van der Waals surface area contributed by atoms with Crippen LogP contribution < -0.4 is 5.32 Å².